The van der Waals surface area contributed by atoms with Gasteiger partial charge in [-0.15, -0.1) is 0 Å². The van der Waals surface area contributed by atoms with Crippen molar-refractivity contribution >= 4 is 28.5 Å². The van der Waals surface area contributed by atoms with Crippen molar-refractivity contribution in [2.24, 2.45) is 11.8 Å². The van der Waals surface area contributed by atoms with Crippen molar-refractivity contribution in [3.05, 3.63) is 60.4 Å². The van der Waals surface area contributed by atoms with Crippen LogP contribution in [0.25, 0.3) is 11.0 Å². The van der Waals surface area contributed by atoms with E-state index in [1.165, 1.54) is 0 Å². The van der Waals surface area contributed by atoms with E-state index in [9.17, 15) is 9.59 Å². The van der Waals surface area contributed by atoms with E-state index in [2.05, 4.69) is 15.3 Å². The number of nitrogens with zero attached hydrogens (tertiary/aromatic N) is 2. The lowest BCUT2D eigenvalue weighted by molar-refractivity contribution is -0.127. The molecule has 0 unspecified atom stereocenters. The summed E-state index contributed by atoms with van der Waals surface area (Å²) in [6, 6.07) is 17.1. The van der Waals surface area contributed by atoms with Crippen LogP contribution in [-0.4, -0.2) is 28.3 Å². The van der Waals surface area contributed by atoms with Crippen molar-refractivity contribution in [1.29, 1.82) is 0 Å². The number of H-pyrrole nitrogens is 1. The summed E-state index contributed by atoms with van der Waals surface area (Å²) in [5.41, 5.74) is 2.66. The minimum atomic E-state index is -0.363. The first-order valence-electron chi connectivity index (χ1n) is 9.63. The molecule has 1 fully saturated rings. The molecule has 1 aromatic heterocycles. The summed E-state index contributed by atoms with van der Waals surface area (Å²) in [6.07, 6.45) is 0.228. The van der Waals surface area contributed by atoms with Crippen molar-refractivity contribution in [3.63, 3.8) is 0 Å². The van der Waals surface area contributed by atoms with Crippen molar-refractivity contribution < 1.29 is 9.59 Å². The number of hydrogen-bond acceptors (Lipinski definition) is 3. The van der Waals surface area contributed by atoms with Gasteiger partial charge in [-0.05, 0) is 30.2 Å². The Labute approximate surface area is 164 Å². The van der Waals surface area contributed by atoms with Gasteiger partial charge in [-0.25, -0.2) is 4.98 Å². The van der Waals surface area contributed by atoms with Crippen molar-refractivity contribution in [2.75, 3.05) is 11.4 Å². The van der Waals surface area contributed by atoms with Crippen molar-refractivity contribution in [3.8, 4) is 0 Å². The number of para-hydroxylation sites is 3. The van der Waals surface area contributed by atoms with Crippen LogP contribution in [0.4, 0.5) is 5.69 Å². The number of hydrogen-bond donors (Lipinski definition) is 2. The standard InChI is InChI=1S/C22H24N4O2/c1-14(2)20(21-23-17-10-6-7-11-18(17)24-21)25-22(28)15-12-19(27)26(13-15)16-8-4-3-5-9-16/h3-11,14-15,20H,12-13H2,1-2H3,(H,23,24)(H,25,28)/t15-,20-/m0/s1. The predicted molar refractivity (Wildman–Crippen MR) is 109 cm³/mol. The number of carbonyl (C=O) groups excluding carboxylic acids is 2. The summed E-state index contributed by atoms with van der Waals surface area (Å²) in [5, 5.41) is 3.12. The molecule has 2 amide bonds. The average Bonchev–Trinajstić information content (AvgIpc) is 3.29. The number of anilines is 1. The van der Waals surface area contributed by atoms with E-state index in [4.69, 9.17) is 0 Å². The van der Waals surface area contributed by atoms with Gasteiger partial charge >= 0.3 is 0 Å². The second-order valence-electron chi connectivity index (χ2n) is 7.61. The molecule has 28 heavy (non-hydrogen) atoms. The molecule has 2 aromatic carbocycles. The van der Waals surface area contributed by atoms with Gasteiger partial charge in [-0.1, -0.05) is 44.2 Å². The molecule has 0 aliphatic carbocycles. The third kappa shape index (κ3) is 3.50. The predicted octanol–water partition coefficient (Wildman–Crippen LogP) is 3.43. The molecule has 1 aliphatic rings. The highest BCUT2D eigenvalue weighted by atomic mass is 16.2. The normalized spacial score (nSPS) is 18.0. The van der Waals surface area contributed by atoms with Crippen LogP contribution in [0.5, 0.6) is 0 Å². The Morgan fingerprint density at radius 2 is 1.86 bits per heavy atom. The fraction of sp³-hybridized carbons (Fsp3) is 0.318. The summed E-state index contributed by atoms with van der Waals surface area (Å²) >= 11 is 0. The maximum Gasteiger partial charge on any atom is 0.227 e. The zero-order chi connectivity index (χ0) is 19.7. The highest BCUT2D eigenvalue weighted by molar-refractivity contribution is 6.00. The highest BCUT2D eigenvalue weighted by Gasteiger charge is 2.36. The molecule has 4 rings (SSSR count). The number of fused-ring (bicyclic) bond motifs is 1. The van der Waals surface area contributed by atoms with Gasteiger partial charge in [0.1, 0.15) is 5.82 Å². The summed E-state index contributed by atoms with van der Waals surface area (Å²) in [5.74, 6) is 0.418. The Morgan fingerprint density at radius 3 is 2.57 bits per heavy atom. The SMILES string of the molecule is CC(C)[C@H](NC(=O)[C@H]1CC(=O)N(c2ccccc2)C1)c1nc2ccccc2[nH]1. The smallest absolute Gasteiger partial charge is 0.227 e. The molecule has 6 heteroatoms. The number of nitrogens with one attached hydrogen (secondary N) is 2. The Bertz CT molecular complexity index is 963. The van der Waals surface area contributed by atoms with Gasteiger partial charge in [0.2, 0.25) is 11.8 Å². The third-order valence-electron chi connectivity index (χ3n) is 5.23. The zero-order valence-corrected chi connectivity index (χ0v) is 16.1. The van der Waals surface area contributed by atoms with Crippen LogP contribution in [0.15, 0.2) is 54.6 Å². The lowest BCUT2D eigenvalue weighted by atomic mass is 10.0. The van der Waals surface area contributed by atoms with Gasteiger partial charge in [0.15, 0.2) is 0 Å². The number of amides is 2. The molecule has 2 heterocycles. The minimum Gasteiger partial charge on any atom is -0.346 e. The maximum atomic E-state index is 12.9. The summed E-state index contributed by atoms with van der Waals surface area (Å²) in [7, 11) is 0. The molecule has 0 radical (unpaired) electrons. The van der Waals surface area contributed by atoms with E-state index in [-0.39, 0.29) is 36.1 Å². The molecule has 3 aromatic rings. The van der Waals surface area contributed by atoms with Gasteiger partial charge in [-0.2, -0.15) is 0 Å². The molecule has 6 nitrogen and oxygen atoms in total. The minimum absolute atomic E-state index is 0.0174. The lowest BCUT2D eigenvalue weighted by Crippen LogP contribution is -2.38. The van der Waals surface area contributed by atoms with E-state index >= 15 is 0 Å². The molecule has 1 aliphatic heterocycles. The third-order valence-corrected chi connectivity index (χ3v) is 5.23. The first-order valence-corrected chi connectivity index (χ1v) is 9.63. The van der Waals surface area contributed by atoms with Crippen LogP contribution >= 0.6 is 0 Å². The van der Waals surface area contributed by atoms with E-state index in [1.54, 1.807) is 4.90 Å². The first kappa shape index (κ1) is 18.2. The topological polar surface area (TPSA) is 78.1 Å². The fourth-order valence-electron chi connectivity index (χ4n) is 3.68. The highest BCUT2D eigenvalue weighted by Crippen LogP contribution is 2.27. The van der Waals surface area contributed by atoms with E-state index < -0.39 is 0 Å². The van der Waals surface area contributed by atoms with Crippen LogP contribution < -0.4 is 10.2 Å². The van der Waals surface area contributed by atoms with E-state index in [1.807, 2.05) is 68.4 Å². The molecular weight excluding hydrogens is 352 g/mol. The van der Waals surface area contributed by atoms with Crippen LogP contribution in [0.2, 0.25) is 0 Å². The van der Waals surface area contributed by atoms with Crippen molar-refractivity contribution in [2.45, 2.75) is 26.3 Å². The summed E-state index contributed by atoms with van der Waals surface area (Å²) in [6.45, 7) is 4.50. The molecule has 2 N–H and O–H groups in total. The molecule has 0 spiro atoms. The second-order valence-corrected chi connectivity index (χ2v) is 7.61. The number of aromatic nitrogens is 2. The fourth-order valence-corrected chi connectivity index (χ4v) is 3.68. The number of rotatable bonds is 5. The number of aromatic amines is 1. The molecule has 0 bridgehead atoms. The van der Waals surface area contributed by atoms with Crippen LogP contribution in [0.3, 0.4) is 0 Å². The largest absolute Gasteiger partial charge is 0.346 e. The summed E-state index contributed by atoms with van der Waals surface area (Å²) < 4.78 is 0. The average molecular weight is 376 g/mol. The molecular formula is C22H24N4O2. The van der Waals surface area contributed by atoms with Crippen LogP contribution in [0.1, 0.15) is 32.1 Å². The Hall–Kier alpha value is -3.15. The van der Waals surface area contributed by atoms with Crippen molar-refractivity contribution in [1.82, 2.24) is 15.3 Å². The zero-order valence-electron chi connectivity index (χ0n) is 16.1. The van der Waals surface area contributed by atoms with Crippen LogP contribution in [-0.2, 0) is 9.59 Å². The number of carbonyl (C=O) groups is 2. The Kier molecular flexibility index (Phi) is 4.86. The molecule has 1 saturated heterocycles. The van der Waals surface area contributed by atoms with Gasteiger partial charge in [-0.3, -0.25) is 9.59 Å². The number of benzene rings is 2. The summed E-state index contributed by atoms with van der Waals surface area (Å²) in [4.78, 5) is 35.0. The second kappa shape index (κ2) is 7.46. The van der Waals surface area contributed by atoms with Gasteiger partial charge < -0.3 is 15.2 Å². The van der Waals surface area contributed by atoms with E-state index in [0.29, 0.717) is 6.54 Å². The molecule has 0 saturated carbocycles. The Balaban J connectivity index is 1.50. The molecule has 144 valence electrons. The lowest BCUT2D eigenvalue weighted by Gasteiger charge is -2.22. The monoisotopic (exact) mass is 376 g/mol. The Morgan fingerprint density at radius 1 is 1.14 bits per heavy atom. The molecule has 2 atom stereocenters. The van der Waals surface area contributed by atoms with Gasteiger partial charge in [0, 0.05) is 18.7 Å². The van der Waals surface area contributed by atoms with Gasteiger partial charge in [0.25, 0.3) is 0 Å². The van der Waals surface area contributed by atoms with Crippen LogP contribution in [0, 0.1) is 11.8 Å². The first-order chi connectivity index (χ1) is 13.5. The number of imidazole rings is 1. The maximum absolute atomic E-state index is 12.9. The van der Waals surface area contributed by atoms with Gasteiger partial charge in [0.05, 0.1) is 23.0 Å². The van der Waals surface area contributed by atoms with E-state index in [0.717, 1.165) is 22.5 Å². The quantitative estimate of drug-likeness (QED) is 0.716.